The lowest BCUT2D eigenvalue weighted by Gasteiger charge is -2.29. The Bertz CT molecular complexity index is 500. The number of piperidine rings is 2. The number of carbonyl (C=O) groups is 1. The molecule has 0 aliphatic carbocycles. The Morgan fingerprint density at radius 3 is 2.35 bits per heavy atom. The van der Waals surface area contributed by atoms with Crippen LogP contribution >= 0.6 is 0 Å². The molecule has 1 amide bonds. The van der Waals surface area contributed by atoms with Crippen LogP contribution in [0.2, 0.25) is 0 Å². The first-order valence-corrected chi connectivity index (χ1v) is 9.02. The fourth-order valence-corrected chi connectivity index (χ4v) is 3.58. The zero-order valence-electron chi connectivity index (χ0n) is 14.3. The molecule has 2 fully saturated rings. The van der Waals surface area contributed by atoms with Gasteiger partial charge >= 0.3 is 0 Å². The standard InChI is InChI=1S/C19H29N3O/c1-21-13-9-17(10-14-21)19(23)20-15-16-5-7-18(8-6-16)22-11-3-2-4-12-22/h5-8,17H,2-4,9-15H2,1H3,(H,20,23). The van der Waals surface area contributed by atoms with E-state index in [1.165, 1.54) is 43.6 Å². The third kappa shape index (κ3) is 4.47. The first-order chi connectivity index (χ1) is 11.2. The molecule has 0 radical (unpaired) electrons. The number of likely N-dealkylation sites (tertiary alicyclic amines) is 1. The van der Waals surface area contributed by atoms with Gasteiger partial charge in [-0.2, -0.15) is 0 Å². The lowest BCUT2D eigenvalue weighted by atomic mass is 9.96. The van der Waals surface area contributed by atoms with Crippen LogP contribution in [0.15, 0.2) is 24.3 Å². The molecule has 4 heteroatoms. The molecule has 2 heterocycles. The minimum atomic E-state index is 0.193. The molecule has 0 spiro atoms. The van der Waals surface area contributed by atoms with Crippen LogP contribution in [0.5, 0.6) is 0 Å². The van der Waals surface area contributed by atoms with Gasteiger partial charge in [0, 0.05) is 31.2 Å². The fourth-order valence-electron chi connectivity index (χ4n) is 3.58. The monoisotopic (exact) mass is 315 g/mol. The van der Waals surface area contributed by atoms with E-state index in [1.807, 2.05) is 0 Å². The maximum atomic E-state index is 12.3. The lowest BCUT2D eigenvalue weighted by Crippen LogP contribution is -2.38. The van der Waals surface area contributed by atoms with Crippen molar-refractivity contribution in [1.29, 1.82) is 0 Å². The summed E-state index contributed by atoms with van der Waals surface area (Å²) in [5.74, 6) is 0.414. The number of nitrogens with one attached hydrogen (secondary N) is 1. The average Bonchev–Trinajstić information content (AvgIpc) is 2.61. The molecular formula is C19H29N3O. The van der Waals surface area contributed by atoms with E-state index in [-0.39, 0.29) is 11.8 Å². The second-order valence-electron chi connectivity index (χ2n) is 7.01. The van der Waals surface area contributed by atoms with Gasteiger partial charge in [-0.25, -0.2) is 0 Å². The van der Waals surface area contributed by atoms with Crippen LogP contribution in [0.3, 0.4) is 0 Å². The van der Waals surface area contributed by atoms with Gasteiger partial charge < -0.3 is 15.1 Å². The summed E-state index contributed by atoms with van der Waals surface area (Å²) < 4.78 is 0. The van der Waals surface area contributed by atoms with Gasteiger partial charge in [0.2, 0.25) is 5.91 Å². The van der Waals surface area contributed by atoms with E-state index in [0.29, 0.717) is 6.54 Å². The summed E-state index contributed by atoms with van der Waals surface area (Å²) in [5, 5.41) is 3.11. The first kappa shape index (κ1) is 16.3. The quantitative estimate of drug-likeness (QED) is 0.928. The van der Waals surface area contributed by atoms with Crippen LogP contribution in [0.4, 0.5) is 5.69 Å². The number of benzene rings is 1. The lowest BCUT2D eigenvalue weighted by molar-refractivity contribution is -0.126. The highest BCUT2D eigenvalue weighted by Gasteiger charge is 2.22. The SMILES string of the molecule is CN1CCC(C(=O)NCc2ccc(N3CCCCC3)cc2)CC1. The van der Waals surface area contributed by atoms with Crippen molar-refractivity contribution in [2.75, 3.05) is 38.1 Å². The third-order valence-electron chi connectivity index (χ3n) is 5.21. The summed E-state index contributed by atoms with van der Waals surface area (Å²) in [6, 6.07) is 8.70. The Hall–Kier alpha value is -1.55. The summed E-state index contributed by atoms with van der Waals surface area (Å²) in [5.41, 5.74) is 2.50. The molecule has 0 saturated carbocycles. The molecule has 2 aliphatic rings. The van der Waals surface area contributed by atoms with Crippen molar-refractivity contribution < 1.29 is 4.79 Å². The Morgan fingerprint density at radius 1 is 1.04 bits per heavy atom. The van der Waals surface area contributed by atoms with Crippen molar-refractivity contribution in [2.45, 2.75) is 38.6 Å². The number of hydrogen-bond acceptors (Lipinski definition) is 3. The summed E-state index contributed by atoms with van der Waals surface area (Å²) in [7, 11) is 2.12. The van der Waals surface area contributed by atoms with Gasteiger partial charge in [-0.15, -0.1) is 0 Å². The summed E-state index contributed by atoms with van der Waals surface area (Å²) in [6.07, 6.45) is 5.92. The number of carbonyl (C=O) groups excluding carboxylic acids is 1. The molecule has 1 aromatic rings. The Balaban J connectivity index is 1.47. The Kier molecular flexibility index (Phi) is 5.55. The smallest absolute Gasteiger partial charge is 0.223 e. The Labute approximate surface area is 139 Å². The Morgan fingerprint density at radius 2 is 1.70 bits per heavy atom. The minimum Gasteiger partial charge on any atom is -0.372 e. The van der Waals surface area contributed by atoms with Crippen molar-refractivity contribution in [2.24, 2.45) is 5.92 Å². The molecule has 0 aromatic heterocycles. The molecule has 1 N–H and O–H groups in total. The number of nitrogens with zero attached hydrogens (tertiary/aromatic N) is 2. The average molecular weight is 315 g/mol. The van der Waals surface area contributed by atoms with Crippen LogP contribution in [0.25, 0.3) is 0 Å². The van der Waals surface area contributed by atoms with Gasteiger partial charge in [0.25, 0.3) is 0 Å². The topological polar surface area (TPSA) is 35.6 Å². The summed E-state index contributed by atoms with van der Waals surface area (Å²) in [4.78, 5) is 17.0. The molecule has 0 bridgehead atoms. The van der Waals surface area contributed by atoms with Crippen LogP contribution in [-0.4, -0.2) is 44.0 Å². The predicted molar refractivity (Wildman–Crippen MR) is 94.6 cm³/mol. The zero-order valence-corrected chi connectivity index (χ0v) is 14.3. The molecule has 1 aromatic carbocycles. The molecule has 3 rings (SSSR count). The van der Waals surface area contributed by atoms with Gasteiger partial charge in [0.15, 0.2) is 0 Å². The molecule has 23 heavy (non-hydrogen) atoms. The van der Waals surface area contributed by atoms with Gasteiger partial charge in [-0.05, 0) is 69.9 Å². The van der Waals surface area contributed by atoms with E-state index in [9.17, 15) is 4.79 Å². The van der Waals surface area contributed by atoms with E-state index >= 15 is 0 Å². The molecule has 4 nitrogen and oxygen atoms in total. The van der Waals surface area contributed by atoms with Gasteiger partial charge in [0.05, 0.1) is 0 Å². The third-order valence-corrected chi connectivity index (χ3v) is 5.21. The van der Waals surface area contributed by atoms with E-state index in [2.05, 4.69) is 46.4 Å². The minimum absolute atomic E-state index is 0.193. The largest absolute Gasteiger partial charge is 0.372 e. The summed E-state index contributed by atoms with van der Waals surface area (Å²) >= 11 is 0. The highest BCUT2D eigenvalue weighted by molar-refractivity contribution is 5.78. The normalized spacial score (nSPS) is 20.5. The summed E-state index contributed by atoms with van der Waals surface area (Å²) in [6.45, 7) is 5.05. The number of rotatable bonds is 4. The highest BCUT2D eigenvalue weighted by Crippen LogP contribution is 2.20. The molecule has 2 saturated heterocycles. The molecular weight excluding hydrogens is 286 g/mol. The van der Waals surface area contributed by atoms with Gasteiger partial charge in [-0.1, -0.05) is 12.1 Å². The van der Waals surface area contributed by atoms with Crippen LogP contribution in [0, 0.1) is 5.92 Å². The van der Waals surface area contributed by atoms with Crippen LogP contribution in [0.1, 0.15) is 37.7 Å². The molecule has 0 unspecified atom stereocenters. The first-order valence-electron chi connectivity index (χ1n) is 9.02. The van der Waals surface area contributed by atoms with E-state index in [0.717, 1.165) is 25.9 Å². The zero-order chi connectivity index (χ0) is 16.1. The molecule has 126 valence electrons. The molecule has 0 atom stereocenters. The maximum Gasteiger partial charge on any atom is 0.223 e. The molecule has 2 aliphatic heterocycles. The second-order valence-corrected chi connectivity index (χ2v) is 7.01. The van der Waals surface area contributed by atoms with Crippen molar-refractivity contribution in [3.05, 3.63) is 29.8 Å². The fraction of sp³-hybridized carbons (Fsp3) is 0.632. The van der Waals surface area contributed by atoms with Crippen molar-refractivity contribution in [3.8, 4) is 0 Å². The van der Waals surface area contributed by atoms with E-state index in [1.54, 1.807) is 0 Å². The van der Waals surface area contributed by atoms with Crippen molar-refractivity contribution in [1.82, 2.24) is 10.2 Å². The second kappa shape index (κ2) is 7.82. The van der Waals surface area contributed by atoms with E-state index in [4.69, 9.17) is 0 Å². The van der Waals surface area contributed by atoms with Crippen molar-refractivity contribution in [3.63, 3.8) is 0 Å². The number of anilines is 1. The predicted octanol–water partition coefficient (Wildman–Crippen LogP) is 2.63. The number of amides is 1. The van der Waals surface area contributed by atoms with Crippen molar-refractivity contribution >= 4 is 11.6 Å². The van der Waals surface area contributed by atoms with Crippen LogP contribution in [-0.2, 0) is 11.3 Å². The number of hydrogen-bond donors (Lipinski definition) is 1. The van der Waals surface area contributed by atoms with E-state index < -0.39 is 0 Å². The maximum absolute atomic E-state index is 12.3. The van der Waals surface area contributed by atoms with Crippen LogP contribution < -0.4 is 10.2 Å². The highest BCUT2D eigenvalue weighted by atomic mass is 16.1. The van der Waals surface area contributed by atoms with Gasteiger partial charge in [0.1, 0.15) is 0 Å². The van der Waals surface area contributed by atoms with Gasteiger partial charge in [-0.3, -0.25) is 4.79 Å².